The predicted molar refractivity (Wildman–Crippen MR) is 192 cm³/mol. The SMILES string of the molecule is Cc1c(C(=O)N(c2ccccc2)c2cnc3c(cnn3C)c2)cc(-c2cc3c(cc2C(=O)N2Cc4ccccc4C[C@H]2C)CNCC3)n1C. The summed E-state index contributed by atoms with van der Waals surface area (Å²) in [5, 5.41) is 8.67. The molecule has 246 valence electrons. The van der Waals surface area contributed by atoms with Crippen molar-refractivity contribution < 1.29 is 9.59 Å². The second-order valence-electron chi connectivity index (χ2n) is 13.3. The van der Waals surface area contributed by atoms with Crippen LogP contribution in [0, 0.1) is 6.92 Å². The first-order valence-electron chi connectivity index (χ1n) is 16.9. The number of para-hydroxylation sites is 1. The normalized spacial score (nSPS) is 15.6. The summed E-state index contributed by atoms with van der Waals surface area (Å²) < 4.78 is 3.77. The van der Waals surface area contributed by atoms with Crippen LogP contribution in [-0.4, -0.2) is 48.6 Å². The number of hydrogen-bond acceptors (Lipinski definition) is 5. The van der Waals surface area contributed by atoms with Crippen molar-refractivity contribution in [2.45, 2.75) is 45.8 Å². The third-order valence-electron chi connectivity index (χ3n) is 10.3. The van der Waals surface area contributed by atoms with Gasteiger partial charge in [-0.2, -0.15) is 5.10 Å². The minimum absolute atomic E-state index is 0.0128. The van der Waals surface area contributed by atoms with E-state index in [1.165, 1.54) is 16.7 Å². The van der Waals surface area contributed by atoms with Crippen LogP contribution in [0.4, 0.5) is 11.4 Å². The summed E-state index contributed by atoms with van der Waals surface area (Å²) in [7, 11) is 3.83. The summed E-state index contributed by atoms with van der Waals surface area (Å²) in [5.41, 5.74) is 10.7. The number of aromatic nitrogens is 4. The van der Waals surface area contributed by atoms with E-state index in [4.69, 9.17) is 0 Å². The smallest absolute Gasteiger partial charge is 0.264 e. The van der Waals surface area contributed by atoms with E-state index >= 15 is 0 Å². The van der Waals surface area contributed by atoms with E-state index in [1.807, 2.05) is 79.0 Å². The molecule has 6 aromatic rings. The molecule has 2 amide bonds. The summed E-state index contributed by atoms with van der Waals surface area (Å²) in [6.07, 6.45) is 5.18. The lowest BCUT2D eigenvalue weighted by Gasteiger charge is -2.35. The quantitative estimate of drug-likeness (QED) is 0.231. The van der Waals surface area contributed by atoms with Gasteiger partial charge in [0, 0.05) is 66.8 Å². The summed E-state index contributed by atoms with van der Waals surface area (Å²) in [6.45, 7) is 6.29. The molecule has 0 unspecified atom stereocenters. The highest BCUT2D eigenvalue weighted by Crippen LogP contribution is 2.36. The van der Waals surface area contributed by atoms with Gasteiger partial charge in [-0.25, -0.2) is 4.98 Å². The maximum Gasteiger partial charge on any atom is 0.264 e. The number of fused-ring (bicyclic) bond motifs is 3. The van der Waals surface area contributed by atoms with Crippen LogP contribution in [0.3, 0.4) is 0 Å². The van der Waals surface area contributed by atoms with Gasteiger partial charge in [-0.05, 0) is 91.9 Å². The first-order valence-corrected chi connectivity index (χ1v) is 16.9. The standard InChI is InChI=1S/C40H39N7O2/c1-25-16-27-10-8-9-11-29(27)24-46(25)39(48)36-19-30-21-41-15-14-28(30)18-35(36)37-20-34(26(2)44(37)3)40(49)47(32-12-6-5-7-13-32)33-17-31-22-43-45(4)38(31)42-23-33/h5-13,17-20,22-23,25,41H,14-16,21,24H2,1-4H3/t25-/m1/s1. The average Bonchev–Trinajstić information content (AvgIpc) is 3.65. The van der Waals surface area contributed by atoms with Crippen molar-refractivity contribution >= 4 is 34.2 Å². The van der Waals surface area contributed by atoms with Crippen LogP contribution in [0.2, 0.25) is 0 Å². The van der Waals surface area contributed by atoms with Gasteiger partial charge in [-0.3, -0.25) is 19.2 Å². The van der Waals surface area contributed by atoms with Gasteiger partial charge in [-0.15, -0.1) is 0 Å². The summed E-state index contributed by atoms with van der Waals surface area (Å²) >= 11 is 0. The summed E-state index contributed by atoms with van der Waals surface area (Å²) in [6, 6.07) is 26.3. The van der Waals surface area contributed by atoms with E-state index in [0.29, 0.717) is 23.4 Å². The molecule has 3 aromatic carbocycles. The maximum atomic E-state index is 14.7. The number of hydrogen-bond donors (Lipinski definition) is 1. The largest absolute Gasteiger partial charge is 0.347 e. The molecule has 3 aromatic heterocycles. The van der Waals surface area contributed by atoms with Gasteiger partial charge >= 0.3 is 0 Å². The van der Waals surface area contributed by atoms with E-state index in [1.54, 1.807) is 22.0 Å². The molecule has 9 heteroatoms. The lowest BCUT2D eigenvalue weighted by Crippen LogP contribution is -2.43. The number of amides is 2. The first kappa shape index (κ1) is 30.8. The number of nitrogens with zero attached hydrogens (tertiary/aromatic N) is 6. The van der Waals surface area contributed by atoms with Crippen LogP contribution in [0.25, 0.3) is 22.3 Å². The molecule has 0 radical (unpaired) electrons. The Bertz CT molecular complexity index is 2250. The maximum absolute atomic E-state index is 14.7. The minimum Gasteiger partial charge on any atom is -0.347 e. The Hall–Kier alpha value is -5.54. The second-order valence-corrected chi connectivity index (χ2v) is 13.3. The van der Waals surface area contributed by atoms with Crippen molar-refractivity contribution in [2.24, 2.45) is 14.1 Å². The monoisotopic (exact) mass is 649 g/mol. The Balaban J connectivity index is 1.23. The molecule has 0 saturated heterocycles. The van der Waals surface area contributed by atoms with Crippen molar-refractivity contribution in [1.82, 2.24) is 29.5 Å². The molecule has 0 saturated carbocycles. The molecule has 5 heterocycles. The zero-order valence-corrected chi connectivity index (χ0v) is 28.3. The van der Waals surface area contributed by atoms with Gasteiger partial charge in [0.25, 0.3) is 11.8 Å². The number of benzene rings is 3. The number of aryl methyl sites for hydroxylation is 1. The van der Waals surface area contributed by atoms with Crippen LogP contribution in [0.1, 0.15) is 55.6 Å². The predicted octanol–water partition coefficient (Wildman–Crippen LogP) is 6.49. The number of anilines is 2. The lowest BCUT2D eigenvalue weighted by molar-refractivity contribution is 0.0658. The number of carbonyl (C=O) groups excluding carboxylic acids is 2. The molecule has 2 aliphatic heterocycles. The Morgan fingerprint density at radius 1 is 0.857 bits per heavy atom. The number of nitrogens with one attached hydrogen (secondary N) is 1. The molecule has 1 atom stereocenters. The second kappa shape index (κ2) is 12.2. The number of carbonyl (C=O) groups is 2. The zero-order chi connectivity index (χ0) is 33.8. The van der Waals surface area contributed by atoms with Crippen molar-refractivity contribution in [1.29, 1.82) is 0 Å². The van der Waals surface area contributed by atoms with Gasteiger partial charge in [0.15, 0.2) is 5.65 Å². The van der Waals surface area contributed by atoms with Crippen molar-refractivity contribution in [3.8, 4) is 11.3 Å². The Morgan fingerprint density at radius 2 is 1.63 bits per heavy atom. The average molecular weight is 650 g/mol. The topological polar surface area (TPSA) is 88.3 Å². The van der Waals surface area contributed by atoms with Crippen molar-refractivity contribution in [3.63, 3.8) is 0 Å². The van der Waals surface area contributed by atoms with E-state index in [9.17, 15) is 9.59 Å². The molecule has 0 aliphatic carbocycles. The molecule has 0 fully saturated rings. The molecular weight excluding hydrogens is 610 g/mol. The minimum atomic E-state index is -0.174. The van der Waals surface area contributed by atoms with Gasteiger partial charge in [0.1, 0.15) is 0 Å². The van der Waals surface area contributed by atoms with Crippen LogP contribution in [-0.2, 0) is 40.0 Å². The zero-order valence-electron chi connectivity index (χ0n) is 28.3. The number of pyridine rings is 1. The summed E-state index contributed by atoms with van der Waals surface area (Å²) in [5.74, 6) is -0.161. The van der Waals surface area contributed by atoms with Crippen LogP contribution in [0.5, 0.6) is 0 Å². The van der Waals surface area contributed by atoms with Crippen LogP contribution < -0.4 is 10.2 Å². The fourth-order valence-corrected chi connectivity index (χ4v) is 7.44. The van der Waals surface area contributed by atoms with E-state index < -0.39 is 0 Å². The van der Waals surface area contributed by atoms with E-state index in [2.05, 4.69) is 52.7 Å². The van der Waals surface area contributed by atoms with E-state index in [-0.39, 0.29) is 17.9 Å². The van der Waals surface area contributed by atoms with Crippen molar-refractivity contribution in [2.75, 3.05) is 11.4 Å². The molecule has 0 bridgehead atoms. The molecule has 8 rings (SSSR count). The van der Waals surface area contributed by atoms with Gasteiger partial charge in [0.2, 0.25) is 0 Å². The van der Waals surface area contributed by atoms with E-state index in [0.717, 1.165) is 65.2 Å². The van der Waals surface area contributed by atoms with Gasteiger partial charge in [0.05, 0.1) is 23.6 Å². The Morgan fingerprint density at radius 3 is 2.45 bits per heavy atom. The fourth-order valence-electron chi connectivity index (χ4n) is 7.44. The Kier molecular flexibility index (Phi) is 7.64. The van der Waals surface area contributed by atoms with Crippen LogP contribution >= 0.6 is 0 Å². The third-order valence-corrected chi connectivity index (χ3v) is 10.3. The molecular formula is C40H39N7O2. The van der Waals surface area contributed by atoms with Gasteiger partial charge in [-0.1, -0.05) is 42.5 Å². The molecule has 0 spiro atoms. The summed E-state index contributed by atoms with van der Waals surface area (Å²) in [4.78, 5) is 37.7. The highest BCUT2D eigenvalue weighted by Gasteiger charge is 2.32. The molecule has 2 aliphatic rings. The number of rotatable bonds is 5. The molecule has 9 nitrogen and oxygen atoms in total. The highest BCUT2D eigenvalue weighted by atomic mass is 16.2. The highest BCUT2D eigenvalue weighted by molar-refractivity contribution is 6.13. The Labute approximate surface area is 285 Å². The molecule has 1 N–H and O–H groups in total. The van der Waals surface area contributed by atoms with Gasteiger partial charge < -0.3 is 14.8 Å². The lowest BCUT2D eigenvalue weighted by atomic mass is 9.90. The first-order chi connectivity index (χ1) is 23.8. The van der Waals surface area contributed by atoms with Crippen LogP contribution in [0.15, 0.2) is 91.3 Å². The van der Waals surface area contributed by atoms with Crippen molar-refractivity contribution in [3.05, 3.63) is 130 Å². The third kappa shape index (κ3) is 5.31. The molecule has 49 heavy (non-hydrogen) atoms. The fraction of sp³-hybridized carbons (Fsp3) is 0.250.